The minimum Gasteiger partial charge on any atom is -0.341 e. The van der Waals surface area contributed by atoms with Crippen molar-refractivity contribution in [1.29, 1.82) is 0 Å². The molecule has 11 heteroatoms. The number of carbonyl (C=O) groups excluding carboxylic acids is 1. The second kappa shape index (κ2) is 8.58. The predicted molar refractivity (Wildman–Crippen MR) is 112 cm³/mol. The number of nitro groups is 1. The molecule has 2 heterocycles. The molecule has 1 aliphatic carbocycles. The summed E-state index contributed by atoms with van der Waals surface area (Å²) in [6.45, 7) is 1.96. The highest BCUT2D eigenvalue weighted by atomic mass is 35.5. The van der Waals surface area contributed by atoms with Gasteiger partial charge in [-0.1, -0.05) is 23.4 Å². The highest BCUT2D eigenvalue weighted by Gasteiger charge is 2.32. The van der Waals surface area contributed by atoms with Gasteiger partial charge in [-0.2, -0.15) is 0 Å². The number of rotatable bonds is 7. The lowest BCUT2D eigenvalue weighted by Gasteiger charge is -2.27. The molecule has 0 unspecified atom stereocenters. The number of halogens is 1. The fraction of sp³-hybridized carbons (Fsp3) is 0.500. The van der Waals surface area contributed by atoms with Gasteiger partial charge in [-0.05, 0) is 44.2 Å². The molecule has 2 aromatic rings. The lowest BCUT2D eigenvalue weighted by Crippen LogP contribution is -2.32. The van der Waals surface area contributed by atoms with E-state index in [1.165, 1.54) is 36.4 Å². The van der Waals surface area contributed by atoms with Crippen LogP contribution in [0.1, 0.15) is 38.1 Å². The van der Waals surface area contributed by atoms with Crippen molar-refractivity contribution >= 4 is 46.6 Å². The standard InChI is InChI=1S/C18H21ClN6O3S/c19-12-4-7-14(15(10-12)25(27)28)20-16(26)11-29-18-22-21-17(24(18)13-5-6-13)23-8-2-1-3-9-23/h4,7,10,13H,1-3,5-6,8-9,11H2,(H,20,26). The van der Waals surface area contributed by atoms with Gasteiger partial charge in [0, 0.05) is 30.2 Å². The minimum absolute atomic E-state index is 0.0879. The number of aromatic nitrogens is 3. The van der Waals surface area contributed by atoms with E-state index in [4.69, 9.17) is 11.6 Å². The fourth-order valence-electron chi connectivity index (χ4n) is 3.41. The lowest BCUT2D eigenvalue weighted by atomic mass is 10.1. The Morgan fingerprint density at radius 2 is 2.03 bits per heavy atom. The minimum atomic E-state index is -0.566. The Hall–Kier alpha value is -2.33. The number of hydrogen-bond acceptors (Lipinski definition) is 7. The maximum Gasteiger partial charge on any atom is 0.294 e. The summed E-state index contributed by atoms with van der Waals surface area (Å²) in [6.07, 6.45) is 5.74. The van der Waals surface area contributed by atoms with Crippen molar-refractivity contribution in [2.45, 2.75) is 43.3 Å². The van der Waals surface area contributed by atoms with Crippen LogP contribution in [0.25, 0.3) is 0 Å². The number of carbonyl (C=O) groups is 1. The maximum absolute atomic E-state index is 12.4. The van der Waals surface area contributed by atoms with Gasteiger partial charge in [-0.15, -0.1) is 10.2 Å². The molecule has 2 fully saturated rings. The molecular formula is C18H21ClN6O3S. The lowest BCUT2D eigenvalue weighted by molar-refractivity contribution is -0.383. The molecular weight excluding hydrogens is 416 g/mol. The molecule has 1 saturated heterocycles. The first-order valence-electron chi connectivity index (χ1n) is 9.59. The van der Waals surface area contributed by atoms with Crippen LogP contribution in [0.5, 0.6) is 0 Å². The molecule has 1 aromatic carbocycles. The third-order valence-electron chi connectivity index (χ3n) is 4.96. The second-order valence-electron chi connectivity index (χ2n) is 7.19. The van der Waals surface area contributed by atoms with Crippen LogP contribution in [0.15, 0.2) is 23.4 Å². The average Bonchev–Trinajstić information content (AvgIpc) is 3.47. The van der Waals surface area contributed by atoms with Crippen LogP contribution in [0, 0.1) is 10.1 Å². The SMILES string of the molecule is O=C(CSc1nnc(N2CCCCC2)n1C1CC1)Nc1ccc(Cl)cc1[N+](=O)[O-]. The molecule has 1 N–H and O–H groups in total. The normalized spacial score (nSPS) is 16.7. The van der Waals surface area contributed by atoms with Crippen molar-refractivity contribution in [1.82, 2.24) is 14.8 Å². The number of nitrogens with one attached hydrogen (secondary N) is 1. The van der Waals surface area contributed by atoms with Crippen LogP contribution in [0.3, 0.4) is 0 Å². The first-order valence-corrected chi connectivity index (χ1v) is 11.0. The van der Waals surface area contributed by atoms with Crippen LogP contribution < -0.4 is 10.2 Å². The molecule has 9 nitrogen and oxygen atoms in total. The molecule has 0 bridgehead atoms. The summed E-state index contributed by atoms with van der Waals surface area (Å²) in [6, 6.07) is 4.56. The van der Waals surface area contributed by atoms with Crippen molar-refractivity contribution in [3.8, 4) is 0 Å². The molecule has 1 aromatic heterocycles. The summed E-state index contributed by atoms with van der Waals surface area (Å²) in [7, 11) is 0. The van der Waals surface area contributed by atoms with E-state index in [1.807, 2.05) is 0 Å². The number of thioether (sulfide) groups is 1. The van der Waals surface area contributed by atoms with E-state index >= 15 is 0 Å². The van der Waals surface area contributed by atoms with Crippen molar-refractivity contribution in [2.75, 3.05) is 29.1 Å². The highest BCUT2D eigenvalue weighted by Crippen LogP contribution is 2.41. The number of anilines is 2. The van der Waals surface area contributed by atoms with Crippen LogP contribution in [-0.2, 0) is 4.79 Å². The van der Waals surface area contributed by atoms with Crippen molar-refractivity contribution in [3.05, 3.63) is 33.3 Å². The Bertz CT molecular complexity index is 926. The van der Waals surface area contributed by atoms with E-state index in [1.54, 1.807) is 0 Å². The number of nitrogens with zero attached hydrogens (tertiary/aromatic N) is 5. The van der Waals surface area contributed by atoms with Gasteiger partial charge in [-0.25, -0.2) is 0 Å². The Morgan fingerprint density at radius 1 is 1.28 bits per heavy atom. The summed E-state index contributed by atoms with van der Waals surface area (Å²) in [5.41, 5.74) is -0.105. The molecule has 29 heavy (non-hydrogen) atoms. The topological polar surface area (TPSA) is 106 Å². The predicted octanol–water partition coefficient (Wildman–Crippen LogP) is 3.90. The van der Waals surface area contributed by atoms with E-state index in [-0.39, 0.29) is 28.1 Å². The van der Waals surface area contributed by atoms with Crippen molar-refractivity contribution in [3.63, 3.8) is 0 Å². The zero-order valence-corrected chi connectivity index (χ0v) is 17.3. The van der Waals surface area contributed by atoms with Crippen LogP contribution >= 0.6 is 23.4 Å². The van der Waals surface area contributed by atoms with E-state index in [2.05, 4.69) is 25.0 Å². The molecule has 0 radical (unpaired) electrons. The van der Waals surface area contributed by atoms with E-state index in [9.17, 15) is 14.9 Å². The maximum atomic E-state index is 12.4. The molecule has 1 saturated carbocycles. The summed E-state index contributed by atoms with van der Waals surface area (Å²) in [5, 5.41) is 23.4. The van der Waals surface area contributed by atoms with Crippen LogP contribution in [0.2, 0.25) is 5.02 Å². The Balaban J connectivity index is 1.44. The van der Waals surface area contributed by atoms with E-state index in [0.717, 1.165) is 44.7 Å². The van der Waals surface area contributed by atoms with Crippen LogP contribution in [0.4, 0.5) is 17.3 Å². The zero-order valence-electron chi connectivity index (χ0n) is 15.7. The van der Waals surface area contributed by atoms with Gasteiger partial charge in [0.05, 0.1) is 10.7 Å². The first-order chi connectivity index (χ1) is 14.0. The van der Waals surface area contributed by atoms with Gasteiger partial charge in [0.1, 0.15) is 5.69 Å². The van der Waals surface area contributed by atoms with E-state index in [0.29, 0.717) is 11.2 Å². The molecule has 1 amide bonds. The van der Waals surface area contributed by atoms with Gasteiger partial charge in [0.25, 0.3) is 5.69 Å². The molecule has 0 spiro atoms. The Morgan fingerprint density at radius 3 is 2.72 bits per heavy atom. The number of piperidine rings is 1. The smallest absolute Gasteiger partial charge is 0.294 e. The molecule has 154 valence electrons. The quantitative estimate of drug-likeness (QED) is 0.398. The monoisotopic (exact) mass is 436 g/mol. The summed E-state index contributed by atoms with van der Waals surface area (Å²) >= 11 is 7.11. The number of nitro benzene ring substituents is 1. The van der Waals surface area contributed by atoms with Gasteiger partial charge < -0.3 is 10.2 Å². The Kier molecular flexibility index (Phi) is 5.91. The largest absolute Gasteiger partial charge is 0.341 e. The number of amides is 1. The molecule has 4 rings (SSSR count). The summed E-state index contributed by atoms with van der Waals surface area (Å²) in [5.74, 6) is 0.638. The molecule has 1 aliphatic heterocycles. The number of benzene rings is 1. The number of hydrogen-bond donors (Lipinski definition) is 1. The second-order valence-corrected chi connectivity index (χ2v) is 8.57. The summed E-state index contributed by atoms with van der Waals surface area (Å²) < 4.78 is 2.15. The average molecular weight is 437 g/mol. The zero-order chi connectivity index (χ0) is 20.4. The highest BCUT2D eigenvalue weighted by molar-refractivity contribution is 7.99. The Labute approximate surface area is 177 Å². The third kappa shape index (κ3) is 4.64. The van der Waals surface area contributed by atoms with Gasteiger partial charge >= 0.3 is 0 Å². The van der Waals surface area contributed by atoms with Gasteiger partial charge in [0.15, 0.2) is 5.16 Å². The third-order valence-corrected chi connectivity index (χ3v) is 6.14. The van der Waals surface area contributed by atoms with Crippen molar-refractivity contribution in [2.24, 2.45) is 0 Å². The molecule has 0 atom stereocenters. The van der Waals surface area contributed by atoms with Gasteiger partial charge in [-0.3, -0.25) is 19.5 Å². The van der Waals surface area contributed by atoms with Crippen molar-refractivity contribution < 1.29 is 9.72 Å². The van der Waals surface area contributed by atoms with Crippen LogP contribution in [-0.4, -0.2) is 44.4 Å². The van der Waals surface area contributed by atoms with E-state index < -0.39 is 4.92 Å². The van der Waals surface area contributed by atoms with Gasteiger partial charge in [0.2, 0.25) is 11.9 Å². The summed E-state index contributed by atoms with van der Waals surface area (Å²) in [4.78, 5) is 25.3. The fourth-order valence-corrected chi connectivity index (χ4v) is 4.37. The molecule has 2 aliphatic rings. The first kappa shape index (κ1) is 20.0.